The third-order valence-electron chi connectivity index (χ3n) is 4.45. The van der Waals surface area contributed by atoms with Crippen LogP contribution in [0.5, 0.6) is 0 Å². The van der Waals surface area contributed by atoms with Gasteiger partial charge in [-0.2, -0.15) is 0 Å². The summed E-state index contributed by atoms with van der Waals surface area (Å²) in [5.41, 5.74) is 4.58. The van der Waals surface area contributed by atoms with Crippen molar-refractivity contribution < 1.29 is 0 Å². The van der Waals surface area contributed by atoms with Gasteiger partial charge >= 0.3 is 0 Å². The molecule has 136 valence electrons. The lowest BCUT2D eigenvalue weighted by molar-refractivity contribution is 0.596. The zero-order valence-electron chi connectivity index (χ0n) is 15.1. The van der Waals surface area contributed by atoms with E-state index in [-0.39, 0.29) is 5.56 Å². The Kier molecular flexibility index (Phi) is 5.41. The van der Waals surface area contributed by atoms with Crippen LogP contribution in [0.3, 0.4) is 0 Å². The summed E-state index contributed by atoms with van der Waals surface area (Å²) in [5.74, 6) is 0.801. The van der Waals surface area contributed by atoms with Crippen molar-refractivity contribution in [2.75, 3.05) is 0 Å². The van der Waals surface area contributed by atoms with Gasteiger partial charge in [0.25, 0.3) is 5.56 Å². The predicted octanol–water partition coefficient (Wildman–Crippen LogP) is 5.30. The van der Waals surface area contributed by atoms with E-state index in [1.165, 1.54) is 28.0 Å². The number of benzene rings is 2. The number of nitrogens with zero attached hydrogens (tertiary/aromatic N) is 2. The number of thiophene rings is 1. The van der Waals surface area contributed by atoms with Crippen LogP contribution < -0.4 is 5.56 Å². The Balaban J connectivity index is 1.64. The highest BCUT2D eigenvalue weighted by Crippen LogP contribution is 2.24. The number of hydrogen-bond acceptors (Lipinski definition) is 4. The van der Waals surface area contributed by atoms with E-state index < -0.39 is 0 Å². The molecule has 4 aromatic rings. The fourth-order valence-electron chi connectivity index (χ4n) is 3.07. The van der Waals surface area contributed by atoms with E-state index in [0.717, 1.165) is 27.5 Å². The smallest absolute Gasteiger partial charge is 0.272 e. The minimum atomic E-state index is 0.0673. The molecule has 0 aliphatic rings. The fraction of sp³-hybridized carbons (Fsp3) is 0.182. The molecule has 0 amide bonds. The van der Waals surface area contributed by atoms with Gasteiger partial charge < -0.3 is 0 Å². The summed E-state index contributed by atoms with van der Waals surface area (Å²) in [6, 6.07) is 20.7. The van der Waals surface area contributed by atoms with E-state index in [1.54, 1.807) is 11.8 Å². The lowest BCUT2D eigenvalue weighted by Crippen LogP contribution is -2.23. The Morgan fingerprint density at radius 2 is 1.85 bits per heavy atom. The quantitative estimate of drug-likeness (QED) is 0.330. The highest BCUT2D eigenvalue weighted by atomic mass is 32.2. The summed E-state index contributed by atoms with van der Waals surface area (Å²) >= 11 is 3.10. The molecule has 5 heteroatoms. The largest absolute Gasteiger partial charge is 0.286 e. The van der Waals surface area contributed by atoms with Gasteiger partial charge in [-0.15, -0.1) is 11.3 Å². The summed E-state index contributed by atoms with van der Waals surface area (Å²) in [4.78, 5) is 17.8. The molecule has 2 aromatic carbocycles. The highest BCUT2D eigenvalue weighted by molar-refractivity contribution is 7.98. The molecule has 0 radical (unpaired) electrons. The maximum Gasteiger partial charge on any atom is 0.272 e. The van der Waals surface area contributed by atoms with Crippen molar-refractivity contribution in [2.24, 2.45) is 0 Å². The van der Waals surface area contributed by atoms with Crippen LogP contribution in [0.2, 0.25) is 0 Å². The van der Waals surface area contributed by atoms with E-state index >= 15 is 0 Å². The van der Waals surface area contributed by atoms with Crippen LogP contribution in [0.25, 0.3) is 10.2 Å². The number of rotatable bonds is 6. The van der Waals surface area contributed by atoms with Crippen molar-refractivity contribution in [1.82, 2.24) is 9.55 Å². The van der Waals surface area contributed by atoms with Gasteiger partial charge in [-0.05, 0) is 35.9 Å². The molecule has 0 unspecified atom stereocenters. The Labute approximate surface area is 166 Å². The zero-order chi connectivity index (χ0) is 18.6. The molecule has 0 saturated heterocycles. The van der Waals surface area contributed by atoms with Gasteiger partial charge in [-0.1, -0.05) is 71.9 Å². The third-order valence-corrected chi connectivity index (χ3v) is 6.39. The molecule has 3 nitrogen and oxygen atoms in total. The number of fused-ring (bicyclic) bond motifs is 1. The highest BCUT2D eigenvalue weighted by Gasteiger charge is 2.13. The van der Waals surface area contributed by atoms with Crippen LogP contribution in [0.4, 0.5) is 0 Å². The monoisotopic (exact) mass is 392 g/mol. The molecule has 0 aliphatic carbocycles. The Bertz CT molecular complexity index is 1120. The van der Waals surface area contributed by atoms with E-state index in [9.17, 15) is 4.79 Å². The van der Waals surface area contributed by atoms with Crippen molar-refractivity contribution >= 4 is 33.3 Å². The topological polar surface area (TPSA) is 34.9 Å². The summed E-state index contributed by atoms with van der Waals surface area (Å²) in [6.07, 6.45) is 0.817. The van der Waals surface area contributed by atoms with Crippen LogP contribution >= 0.6 is 23.1 Å². The first kappa shape index (κ1) is 18.0. The summed E-state index contributed by atoms with van der Waals surface area (Å²) in [6.45, 7) is 2.74. The summed E-state index contributed by atoms with van der Waals surface area (Å²) in [7, 11) is 0. The molecule has 0 saturated carbocycles. The molecule has 0 aliphatic heterocycles. The maximum absolute atomic E-state index is 13.0. The molecule has 2 heterocycles. The standard InChI is InChI=1S/C22H20N2OS2/c1-16-6-5-9-18(14-16)15-27-22-23-19-11-13-26-20(19)21(25)24(22)12-10-17-7-3-2-4-8-17/h2-9,11,13-14H,10,12,15H2,1H3. The molecule has 2 aromatic heterocycles. The van der Waals surface area contributed by atoms with E-state index in [4.69, 9.17) is 4.98 Å². The lowest BCUT2D eigenvalue weighted by Gasteiger charge is -2.12. The number of thioether (sulfide) groups is 1. The maximum atomic E-state index is 13.0. The Hall–Kier alpha value is -2.37. The second-order valence-electron chi connectivity index (χ2n) is 6.50. The van der Waals surface area contributed by atoms with Gasteiger partial charge in [0, 0.05) is 12.3 Å². The van der Waals surface area contributed by atoms with E-state index in [1.807, 2.05) is 34.2 Å². The second-order valence-corrected chi connectivity index (χ2v) is 8.36. The predicted molar refractivity (Wildman–Crippen MR) is 115 cm³/mol. The average Bonchev–Trinajstić information content (AvgIpc) is 3.15. The van der Waals surface area contributed by atoms with Crippen molar-refractivity contribution in [3.8, 4) is 0 Å². The number of aromatic nitrogens is 2. The molecule has 0 atom stereocenters. The first-order valence-corrected chi connectivity index (χ1v) is 10.8. The molecule has 0 bridgehead atoms. The Morgan fingerprint density at radius 3 is 2.67 bits per heavy atom. The number of hydrogen-bond donors (Lipinski definition) is 0. The third kappa shape index (κ3) is 4.15. The van der Waals surface area contributed by atoms with E-state index in [0.29, 0.717) is 6.54 Å². The SMILES string of the molecule is Cc1cccc(CSc2nc3ccsc3c(=O)n2CCc2ccccc2)c1. The van der Waals surface area contributed by atoms with Crippen LogP contribution in [0, 0.1) is 6.92 Å². The minimum absolute atomic E-state index is 0.0673. The van der Waals surface area contributed by atoms with Gasteiger partial charge in [0.05, 0.1) is 5.52 Å². The molecule has 0 fully saturated rings. The fourth-order valence-corrected chi connectivity index (χ4v) is 4.81. The van der Waals surface area contributed by atoms with Gasteiger partial charge in [-0.25, -0.2) is 4.98 Å². The Morgan fingerprint density at radius 1 is 1.04 bits per heavy atom. The van der Waals surface area contributed by atoms with Crippen LogP contribution in [-0.2, 0) is 18.7 Å². The summed E-state index contributed by atoms with van der Waals surface area (Å²) in [5, 5.41) is 2.73. The van der Waals surface area contributed by atoms with Crippen LogP contribution in [0.1, 0.15) is 16.7 Å². The van der Waals surface area contributed by atoms with Gasteiger partial charge in [0.15, 0.2) is 5.16 Å². The lowest BCUT2D eigenvalue weighted by atomic mass is 10.1. The zero-order valence-corrected chi connectivity index (χ0v) is 16.7. The van der Waals surface area contributed by atoms with Crippen molar-refractivity contribution in [2.45, 2.75) is 30.8 Å². The normalized spacial score (nSPS) is 11.1. The first-order chi connectivity index (χ1) is 13.2. The first-order valence-electron chi connectivity index (χ1n) is 8.91. The average molecular weight is 393 g/mol. The van der Waals surface area contributed by atoms with Crippen molar-refractivity contribution in [1.29, 1.82) is 0 Å². The van der Waals surface area contributed by atoms with Gasteiger partial charge in [-0.3, -0.25) is 9.36 Å². The van der Waals surface area contributed by atoms with Crippen LogP contribution in [-0.4, -0.2) is 9.55 Å². The molecule has 4 rings (SSSR count). The second kappa shape index (κ2) is 8.11. The molecule has 27 heavy (non-hydrogen) atoms. The van der Waals surface area contributed by atoms with Crippen molar-refractivity contribution in [3.05, 3.63) is 93.1 Å². The molecular weight excluding hydrogens is 372 g/mol. The molecular formula is C22H20N2OS2. The minimum Gasteiger partial charge on any atom is -0.286 e. The molecule has 0 N–H and O–H groups in total. The van der Waals surface area contributed by atoms with Crippen molar-refractivity contribution in [3.63, 3.8) is 0 Å². The number of aryl methyl sites for hydroxylation is 2. The van der Waals surface area contributed by atoms with Gasteiger partial charge in [0.2, 0.25) is 0 Å². The van der Waals surface area contributed by atoms with Crippen LogP contribution in [0.15, 0.2) is 76.0 Å². The molecule has 0 spiro atoms. The van der Waals surface area contributed by atoms with E-state index in [2.05, 4.69) is 43.3 Å². The van der Waals surface area contributed by atoms with Gasteiger partial charge in [0.1, 0.15) is 4.70 Å². The summed E-state index contributed by atoms with van der Waals surface area (Å²) < 4.78 is 2.58.